The standard InChI is InChI=1S/C17H18N6O2/c1-11-12(15(25)21-8-6-17(10-21)4-5-17)9-18-23(11)16-19-14(24)13-3-2-7-22(13)20-16/h2-3,7,9H,4-6,8,10H2,1H3,(H,19,20,24). The Morgan fingerprint density at radius 3 is 2.92 bits per heavy atom. The lowest BCUT2D eigenvalue weighted by atomic mass is 10.1. The summed E-state index contributed by atoms with van der Waals surface area (Å²) in [5.74, 6) is 0.308. The molecule has 128 valence electrons. The summed E-state index contributed by atoms with van der Waals surface area (Å²) < 4.78 is 3.02. The van der Waals surface area contributed by atoms with E-state index in [4.69, 9.17) is 0 Å². The molecule has 0 unspecified atom stereocenters. The third-order valence-electron chi connectivity index (χ3n) is 5.51. The molecule has 8 nitrogen and oxygen atoms in total. The van der Waals surface area contributed by atoms with Crippen LogP contribution in [0.3, 0.4) is 0 Å². The first-order chi connectivity index (χ1) is 12.1. The number of rotatable bonds is 2. The summed E-state index contributed by atoms with van der Waals surface area (Å²) in [6, 6.07) is 3.45. The van der Waals surface area contributed by atoms with E-state index in [1.165, 1.54) is 22.0 Å². The van der Waals surface area contributed by atoms with E-state index in [0.29, 0.717) is 28.1 Å². The van der Waals surface area contributed by atoms with Gasteiger partial charge in [-0.15, -0.1) is 5.10 Å². The Balaban J connectivity index is 1.51. The van der Waals surface area contributed by atoms with E-state index in [2.05, 4.69) is 15.2 Å². The molecule has 1 aliphatic carbocycles. The first-order valence-electron chi connectivity index (χ1n) is 8.48. The van der Waals surface area contributed by atoms with Crippen molar-refractivity contribution >= 4 is 11.4 Å². The van der Waals surface area contributed by atoms with Crippen LogP contribution in [0.4, 0.5) is 0 Å². The maximum atomic E-state index is 12.8. The predicted molar refractivity (Wildman–Crippen MR) is 89.9 cm³/mol. The summed E-state index contributed by atoms with van der Waals surface area (Å²) in [4.78, 5) is 29.6. The molecule has 2 fully saturated rings. The van der Waals surface area contributed by atoms with E-state index in [1.54, 1.807) is 24.5 Å². The quantitative estimate of drug-likeness (QED) is 0.759. The minimum atomic E-state index is -0.243. The van der Waals surface area contributed by atoms with Gasteiger partial charge in [0.25, 0.3) is 11.5 Å². The Labute approximate surface area is 143 Å². The lowest BCUT2D eigenvalue weighted by molar-refractivity contribution is 0.0784. The van der Waals surface area contributed by atoms with Crippen molar-refractivity contribution in [3.8, 4) is 5.95 Å². The fraction of sp³-hybridized carbons (Fsp3) is 0.412. The van der Waals surface area contributed by atoms with Gasteiger partial charge in [-0.3, -0.25) is 14.6 Å². The number of hydrogen-bond donors (Lipinski definition) is 1. The van der Waals surface area contributed by atoms with Crippen molar-refractivity contribution in [1.82, 2.24) is 29.3 Å². The van der Waals surface area contributed by atoms with Crippen molar-refractivity contribution in [2.75, 3.05) is 13.1 Å². The van der Waals surface area contributed by atoms with E-state index >= 15 is 0 Å². The Morgan fingerprint density at radius 1 is 1.32 bits per heavy atom. The molecule has 0 aromatic carbocycles. The summed E-state index contributed by atoms with van der Waals surface area (Å²) >= 11 is 0. The molecular formula is C17H18N6O2. The molecule has 3 aromatic heterocycles. The molecule has 25 heavy (non-hydrogen) atoms. The second kappa shape index (κ2) is 4.81. The minimum absolute atomic E-state index is 0.0110. The highest BCUT2D eigenvalue weighted by atomic mass is 16.2. The first kappa shape index (κ1) is 14.4. The Hall–Kier alpha value is -2.90. The van der Waals surface area contributed by atoms with Crippen molar-refractivity contribution in [3.05, 3.63) is 46.1 Å². The van der Waals surface area contributed by atoms with Crippen LogP contribution in [0.1, 0.15) is 35.3 Å². The van der Waals surface area contributed by atoms with Crippen molar-refractivity contribution in [2.24, 2.45) is 5.41 Å². The lowest BCUT2D eigenvalue weighted by Crippen LogP contribution is -2.29. The minimum Gasteiger partial charge on any atom is -0.338 e. The van der Waals surface area contributed by atoms with E-state index in [1.807, 2.05) is 11.8 Å². The molecule has 1 N–H and O–H groups in total. The predicted octanol–water partition coefficient (Wildman–Crippen LogP) is 1.14. The largest absolute Gasteiger partial charge is 0.338 e. The number of nitrogens with zero attached hydrogens (tertiary/aromatic N) is 5. The molecule has 1 saturated carbocycles. The number of aromatic nitrogens is 5. The summed E-state index contributed by atoms with van der Waals surface area (Å²) in [6.07, 6.45) is 6.84. The monoisotopic (exact) mass is 338 g/mol. The van der Waals surface area contributed by atoms with E-state index in [-0.39, 0.29) is 11.5 Å². The van der Waals surface area contributed by atoms with Crippen LogP contribution in [0.25, 0.3) is 11.5 Å². The molecule has 2 aliphatic rings. The Bertz CT molecular complexity index is 1050. The fourth-order valence-corrected chi connectivity index (χ4v) is 3.72. The third kappa shape index (κ3) is 2.13. The molecular weight excluding hydrogens is 320 g/mol. The normalized spacial score (nSPS) is 18.4. The number of H-pyrrole nitrogens is 1. The second-order valence-corrected chi connectivity index (χ2v) is 7.15. The van der Waals surface area contributed by atoms with Gasteiger partial charge in [0.15, 0.2) is 0 Å². The van der Waals surface area contributed by atoms with Crippen LogP contribution in [0.2, 0.25) is 0 Å². The number of fused-ring (bicyclic) bond motifs is 1. The van der Waals surface area contributed by atoms with Crippen LogP contribution < -0.4 is 5.56 Å². The van der Waals surface area contributed by atoms with E-state index in [9.17, 15) is 9.59 Å². The number of likely N-dealkylation sites (tertiary alicyclic amines) is 1. The highest BCUT2D eigenvalue weighted by Crippen LogP contribution is 2.52. The van der Waals surface area contributed by atoms with Gasteiger partial charge in [0.1, 0.15) is 5.52 Å². The number of nitrogens with one attached hydrogen (secondary N) is 1. The van der Waals surface area contributed by atoms with Gasteiger partial charge in [-0.1, -0.05) is 0 Å². The average Bonchev–Trinajstić information content (AvgIpc) is 2.95. The average molecular weight is 338 g/mol. The van der Waals surface area contributed by atoms with Crippen LogP contribution >= 0.6 is 0 Å². The molecule has 3 aromatic rings. The van der Waals surface area contributed by atoms with Gasteiger partial charge in [-0.05, 0) is 43.7 Å². The smallest absolute Gasteiger partial charge is 0.276 e. The Kier molecular flexibility index (Phi) is 2.78. The molecule has 1 saturated heterocycles. The fourth-order valence-electron chi connectivity index (χ4n) is 3.72. The molecule has 0 bridgehead atoms. The molecule has 1 spiro atoms. The van der Waals surface area contributed by atoms with Crippen LogP contribution in [-0.4, -0.2) is 48.3 Å². The number of carbonyl (C=O) groups excluding carboxylic acids is 1. The van der Waals surface area contributed by atoms with E-state index < -0.39 is 0 Å². The highest BCUT2D eigenvalue weighted by molar-refractivity contribution is 5.95. The van der Waals surface area contributed by atoms with Crippen LogP contribution in [-0.2, 0) is 0 Å². The second-order valence-electron chi connectivity index (χ2n) is 7.15. The third-order valence-corrected chi connectivity index (χ3v) is 5.51. The summed E-state index contributed by atoms with van der Waals surface area (Å²) in [6.45, 7) is 3.48. The number of carbonyl (C=O) groups is 1. The zero-order chi connectivity index (χ0) is 17.2. The summed E-state index contributed by atoms with van der Waals surface area (Å²) in [7, 11) is 0. The van der Waals surface area contributed by atoms with Crippen molar-refractivity contribution in [2.45, 2.75) is 26.2 Å². The van der Waals surface area contributed by atoms with Crippen molar-refractivity contribution in [1.29, 1.82) is 0 Å². The first-order valence-corrected chi connectivity index (χ1v) is 8.48. The molecule has 8 heteroatoms. The van der Waals surface area contributed by atoms with Gasteiger partial charge in [0.05, 0.1) is 17.5 Å². The molecule has 1 aliphatic heterocycles. The zero-order valence-electron chi connectivity index (χ0n) is 13.9. The van der Waals surface area contributed by atoms with Gasteiger partial charge in [-0.25, -0.2) is 9.20 Å². The summed E-state index contributed by atoms with van der Waals surface area (Å²) in [5, 5.41) is 8.65. The van der Waals surface area contributed by atoms with Gasteiger partial charge in [0.2, 0.25) is 5.95 Å². The number of amides is 1. The van der Waals surface area contributed by atoms with Gasteiger partial charge in [0, 0.05) is 19.3 Å². The van der Waals surface area contributed by atoms with Crippen molar-refractivity contribution < 1.29 is 4.79 Å². The van der Waals surface area contributed by atoms with Gasteiger partial charge in [-0.2, -0.15) is 5.10 Å². The SMILES string of the molecule is Cc1c(C(=O)N2CCC3(CC3)C2)cnn1-c1nn2cccc2c(=O)[nH]1. The topological polar surface area (TPSA) is 88.3 Å². The van der Waals surface area contributed by atoms with E-state index in [0.717, 1.165) is 19.5 Å². The Morgan fingerprint density at radius 2 is 2.16 bits per heavy atom. The van der Waals surface area contributed by atoms with Crippen LogP contribution in [0.5, 0.6) is 0 Å². The molecule has 5 rings (SSSR count). The molecule has 4 heterocycles. The van der Waals surface area contributed by atoms with Gasteiger partial charge >= 0.3 is 0 Å². The maximum absolute atomic E-state index is 12.8. The van der Waals surface area contributed by atoms with Crippen LogP contribution in [0.15, 0.2) is 29.3 Å². The molecule has 0 radical (unpaired) electrons. The zero-order valence-corrected chi connectivity index (χ0v) is 13.9. The number of hydrogen-bond acceptors (Lipinski definition) is 4. The maximum Gasteiger partial charge on any atom is 0.276 e. The molecule has 0 atom stereocenters. The highest BCUT2D eigenvalue weighted by Gasteiger charge is 2.49. The summed E-state index contributed by atoms with van der Waals surface area (Å²) in [5.41, 5.74) is 1.86. The lowest BCUT2D eigenvalue weighted by Gasteiger charge is -2.16. The van der Waals surface area contributed by atoms with Gasteiger partial charge < -0.3 is 4.90 Å². The van der Waals surface area contributed by atoms with Crippen molar-refractivity contribution in [3.63, 3.8) is 0 Å². The number of aromatic amines is 1. The molecule has 1 amide bonds. The van der Waals surface area contributed by atoms with Crippen LogP contribution in [0, 0.1) is 12.3 Å².